The van der Waals surface area contributed by atoms with Crippen LogP contribution in [0.25, 0.3) is 0 Å². The van der Waals surface area contributed by atoms with Crippen molar-refractivity contribution in [1.82, 2.24) is 9.80 Å². The van der Waals surface area contributed by atoms with Crippen LogP contribution < -0.4 is 0 Å². The van der Waals surface area contributed by atoms with Crippen molar-refractivity contribution < 1.29 is 4.79 Å². The molecule has 1 rings (SSSR count). The lowest BCUT2D eigenvalue weighted by Crippen LogP contribution is -2.50. The summed E-state index contributed by atoms with van der Waals surface area (Å²) in [6, 6.07) is 0.385. The summed E-state index contributed by atoms with van der Waals surface area (Å²) >= 11 is 0. The minimum Gasteiger partial charge on any atom is -0.304 e. The summed E-state index contributed by atoms with van der Waals surface area (Å²) in [4.78, 5) is 16.2. The number of nitrogens with zero attached hydrogens (tertiary/aromatic N) is 2. The fourth-order valence-electron chi connectivity index (χ4n) is 1.99. The first-order valence-electron chi connectivity index (χ1n) is 5.54. The number of allylic oxidation sites excluding steroid dienone is 1. The first-order chi connectivity index (χ1) is 6.99. The maximum Gasteiger partial charge on any atom is 0.138 e. The molecule has 15 heavy (non-hydrogen) atoms. The van der Waals surface area contributed by atoms with Crippen LogP contribution in [0.15, 0.2) is 12.2 Å². The molecule has 3 nitrogen and oxygen atoms in total. The van der Waals surface area contributed by atoms with Gasteiger partial charge in [-0.2, -0.15) is 0 Å². The second-order valence-electron chi connectivity index (χ2n) is 4.77. The summed E-state index contributed by atoms with van der Waals surface area (Å²) in [5, 5.41) is 0. The number of ketones is 1. The van der Waals surface area contributed by atoms with Crippen LogP contribution in [0.1, 0.15) is 19.8 Å². The van der Waals surface area contributed by atoms with Crippen LogP contribution in [0.2, 0.25) is 0 Å². The molecule has 1 aliphatic heterocycles. The van der Waals surface area contributed by atoms with Gasteiger partial charge in [-0.25, -0.2) is 0 Å². The van der Waals surface area contributed by atoms with E-state index in [1.54, 1.807) is 0 Å². The lowest BCUT2D eigenvalue weighted by atomic mass is 10.0. The summed E-state index contributed by atoms with van der Waals surface area (Å²) in [6.45, 7) is 8.84. The van der Waals surface area contributed by atoms with Crippen molar-refractivity contribution in [2.45, 2.75) is 25.8 Å². The molecule has 1 unspecified atom stereocenters. The molecule has 1 fully saturated rings. The second-order valence-corrected chi connectivity index (χ2v) is 4.77. The molecule has 1 heterocycles. The van der Waals surface area contributed by atoms with E-state index in [9.17, 15) is 4.79 Å². The summed E-state index contributed by atoms with van der Waals surface area (Å²) in [5.41, 5.74) is 0.965. The van der Waals surface area contributed by atoms with Gasteiger partial charge in [0.05, 0.1) is 0 Å². The van der Waals surface area contributed by atoms with E-state index in [0.717, 1.165) is 25.2 Å². The third kappa shape index (κ3) is 4.14. The van der Waals surface area contributed by atoms with E-state index in [1.807, 2.05) is 6.92 Å². The van der Waals surface area contributed by atoms with E-state index in [0.29, 0.717) is 24.7 Å². The highest BCUT2D eigenvalue weighted by atomic mass is 16.1. The molecular weight excluding hydrogens is 188 g/mol. The topological polar surface area (TPSA) is 23.6 Å². The van der Waals surface area contributed by atoms with Gasteiger partial charge in [0.25, 0.3) is 0 Å². The largest absolute Gasteiger partial charge is 0.304 e. The Balaban J connectivity index is 2.41. The van der Waals surface area contributed by atoms with Crippen LogP contribution in [0, 0.1) is 0 Å². The molecule has 0 spiro atoms. The van der Waals surface area contributed by atoms with Crippen LogP contribution in [0.5, 0.6) is 0 Å². The van der Waals surface area contributed by atoms with Gasteiger partial charge in [0, 0.05) is 38.5 Å². The quantitative estimate of drug-likeness (QED) is 0.651. The number of Topliss-reactive ketones (excluding diaryl/α,β-unsaturated/α-hetero) is 1. The number of carbonyl (C=O) groups is 1. The smallest absolute Gasteiger partial charge is 0.138 e. The average molecular weight is 210 g/mol. The summed E-state index contributed by atoms with van der Waals surface area (Å²) in [6.07, 6.45) is 1.20. The first kappa shape index (κ1) is 12.4. The number of likely N-dealkylation sites (N-methyl/N-ethyl adjacent to an activating group) is 2. The highest BCUT2D eigenvalue weighted by Crippen LogP contribution is 2.12. The van der Waals surface area contributed by atoms with Crippen molar-refractivity contribution in [3.05, 3.63) is 12.2 Å². The zero-order chi connectivity index (χ0) is 11.4. The third-order valence-corrected chi connectivity index (χ3v) is 2.94. The third-order valence-electron chi connectivity index (χ3n) is 2.94. The molecule has 0 aromatic heterocycles. The molecule has 1 atom stereocenters. The Kier molecular flexibility index (Phi) is 4.48. The summed E-state index contributed by atoms with van der Waals surface area (Å²) in [5.74, 6) is 0.314. The Bertz CT molecular complexity index is 250. The SMILES string of the molecule is C=C(C)CC(=O)CC1CN(C)CCN1C. The molecule has 0 radical (unpaired) electrons. The van der Waals surface area contributed by atoms with Gasteiger partial charge in [-0.05, 0) is 21.0 Å². The molecule has 1 saturated heterocycles. The van der Waals surface area contributed by atoms with Crippen molar-refractivity contribution in [3.8, 4) is 0 Å². The van der Waals surface area contributed by atoms with Crippen LogP contribution in [-0.2, 0) is 4.79 Å². The zero-order valence-electron chi connectivity index (χ0n) is 10.1. The van der Waals surface area contributed by atoms with Gasteiger partial charge in [0.1, 0.15) is 5.78 Å². The number of piperazine rings is 1. The molecule has 1 aliphatic rings. The standard InChI is InChI=1S/C12H22N2O/c1-10(2)7-12(15)8-11-9-13(3)5-6-14(11)4/h11H,1,5-9H2,2-4H3. The highest BCUT2D eigenvalue weighted by molar-refractivity contribution is 5.81. The lowest BCUT2D eigenvalue weighted by molar-refractivity contribution is -0.120. The molecule has 0 saturated carbocycles. The Morgan fingerprint density at radius 3 is 2.67 bits per heavy atom. The maximum absolute atomic E-state index is 11.7. The Morgan fingerprint density at radius 1 is 1.40 bits per heavy atom. The number of hydrogen-bond acceptors (Lipinski definition) is 3. The Morgan fingerprint density at radius 2 is 2.07 bits per heavy atom. The molecule has 0 amide bonds. The van der Waals surface area contributed by atoms with Crippen molar-refractivity contribution in [2.75, 3.05) is 33.7 Å². The maximum atomic E-state index is 11.7. The molecular formula is C12H22N2O. The molecule has 3 heteroatoms. The fourth-order valence-corrected chi connectivity index (χ4v) is 1.99. The number of rotatable bonds is 4. The Labute approximate surface area is 92.7 Å². The molecule has 0 aliphatic carbocycles. The summed E-state index contributed by atoms with van der Waals surface area (Å²) in [7, 11) is 4.22. The molecule has 86 valence electrons. The highest BCUT2D eigenvalue weighted by Gasteiger charge is 2.23. The van der Waals surface area contributed by atoms with Crippen LogP contribution >= 0.6 is 0 Å². The van der Waals surface area contributed by atoms with Gasteiger partial charge < -0.3 is 9.80 Å². The fraction of sp³-hybridized carbons (Fsp3) is 0.750. The van der Waals surface area contributed by atoms with Crippen molar-refractivity contribution in [3.63, 3.8) is 0 Å². The van der Waals surface area contributed by atoms with Crippen LogP contribution in [0.4, 0.5) is 0 Å². The number of carbonyl (C=O) groups excluding carboxylic acids is 1. The predicted octanol–water partition coefficient (Wildman–Crippen LogP) is 1.16. The monoisotopic (exact) mass is 210 g/mol. The van der Waals surface area contributed by atoms with Gasteiger partial charge >= 0.3 is 0 Å². The van der Waals surface area contributed by atoms with E-state index in [2.05, 4.69) is 30.5 Å². The van der Waals surface area contributed by atoms with Crippen molar-refractivity contribution in [1.29, 1.82) is 0 Å². The van der Waals surface area contributed by atoms with Gasteiger partial charge in [-0.15, -0.1) is 0 Å². The second kappa shape index (κ2) is 5.42. The van der Waals surface area contributed by atoms with Crippen LogP contribution in [0.3, 0.4) is 0 Å². The van der Waals surface area contributed by atoms with Gasteiger partial charge in [0.2, 0.25) is 0 Å². The van der Waals surface area contributed by atoms with Gasteiger partial charge in [-0.1, -0.05) is 12.2 Å². The minimum absolute atomic E-state index is 0.314. The Hall–Kier alpha value is -0.670. The normalized spacial score (nSPS) is 24.1. The van der Waals surface area contributed by atoms with E-state index in [-0.39, 0.29) is 0 Å². The number of hydrogen-bond donors (Lipinski definition) is 0. The van der Waals surface area contributed by atoms with Gasteiger partial charge in [-0.3, -0.25) is 4.79 Å². The van der Waals surface area contributed by atoms with E-state index in [4.69, 9.17) is 0 Å². The molecule has 0 N–H and O–H groups in total. The van der Waals surface area contributed by atoms with E-state index >= 15 is 0 Å². The molecule has 0 aromatic carbocycles. The first-order valence-corrected chi connectivity index (χ1v) is 5.54. The lowest BCUT2D eigenvalue weighted by Gasteiger charge is -2.37. The molecule has 0 bridgehead atoms. The minimum atomic E-state index is 0.314. The van der Waals surface area contributed by atoms with Crippen molar-refractivity contribution in [2.24, 2.45) is 0 Å². The van der Waals surface area contributed by atoms with Gasteiger partial charge in [0.15, 0.2) is 0 Å². The molecule has 0 aromatic rings. The zero-order valence-corrected chi connectivity index (χ0v) is 10.1. The predicted molar refractivity (Wildman–Crippen MR) is 63.0 cm³/mol. The van der Waals surface area contributed by atoms with E-state index in [1.165, 1.54) is 0 Å². The van der Waals surface area contributed by atoms with Crippen LogP contribution in [-0.4, -0.2) is 55.4 Å². The summed E-state index contributed by atoms with van der Waals surface area (Å²) < 4.78 is 0. The van der Waals surface area contributed by atoms with E-state index < -0.39 is 0 Å². The average Bonchev–Trinajstić information content (AvgIpc) is 2.10. The van der Waals surface area contributed by atoms with Crippen molar-refractivity contribution >= 4 is 5.78 Å².